The fourth-order valence-corrected chi connectivity index (χ4v) is 3.42. The van der Waals surface area contributed by atoms with E-state index >= 15 is 0 Å². The molecule has 6 nitrogen and oxygen atoms in total. The summed E-state index contributed by atoms with van der Waals surface area (Å²) in [6.07, 6.45) is 0. The number of aromatic nitrogens is 2. The molecule has 2 aromatic heterocycles. The Morgan fingerprint density at radius 2 is 1.78 bits per heavy atom. The molecule has 0 fully saturated rings. The van der Waals surface area contributed by atoms with E-state index in [0.717, 1.165) is 33.8 Å². The lowest BCUT2D eigenvalue weighted by Crippen LogP contribution is -2.10. The van der Waals surface area contributed by atoms with Crippen molar-refractivity contribution in [1.29, 1.82) is 0 Å². The molecule has 27 heavy (non-hydrogen) atoms. The van der Waals surface area contributed by atoms with E-state index in [-0.39, 0.29) is 11.8 Å². The third kappa shape index (κ3) is 3.73. The molecule has 0 saturated carbocycles. The number of aromatic amines is 2. The highest BCUT2D eigenvalue weighted by Crippen LogP contribution is 2.22. The topological polar surface area (TPSA) is 88.1 Å². The molecule has 0 bridgehead atoms. The largest absolute Gasteiger partial charge is 0.326 e. The summed E-state index contributed by atoms with van der Waals surface area (Å²) in [5.41, 5.74) is 4.26. The normalized spacial score (nSPS) is 10.7. The maximum atomic E-state index is 12.2. The van der Waals surface area contributed by atoms with Crippen molar-refractivity contribution in [1.82, 2.24) is 4.98 Å². The Morgan fingerprint density at radius 3 is 2.48 bits per heavy atom. The quantitative estimate of drug-likeness (QED) is 0.503. The van der Waals surface area contributed by atoms with Crippen LogP contribution in [0.25, 0.3) is 22.4 Å². The highest BCUT2D eigenvalue weighted by Gasteiger charge is 2.14. The predicted octanol–water partition coefficient (Wildman–Crippen LogP) is 3.92. The minimum Gasteiger partial charge on any atom is -0.326 e. The summed E-state index contributed by atoms with van der Waals surface area (Å²) in [4.78, 5) is 30.6. The van der Waals surface area contributed by atoms with Crippen LogP contribution in [0, 0.1) is 0 Å². The van der Waals surface area contributed by atoms with Gasteiger partial charge in [0.15, 0.2) is 11.0 Å². The zero-order valence-corrected chi connectivity index (χ0v) is 15.3. The maximum absolute atomic E-state index is 12.2. The molecular formula is C20H17N4O2S+. The standard InChI is InChI=1S/C20H16N4O2S/c1-12(25)21-14-6-4-13(5-7-14)19-23-16-9-8-15(11-17(16)24-19)22-20(26)18-3-2-10-27-18/h2-11H,1H3,(H,21,25)(H,22,26)(H,23,24)/p+1. The summed E-state index contributed by atoms with van der Waals surface area (Å²) in [5, 5.41) is 7.53. The smallest absolute Gasteiger partial charge is 0.285 e. The Balaban J connectivity index is 1.57. The molecule has 0 aliphatic rings. The number of hydrogen-bond donors (Lipinski definition) is 3. The molecule has 2 amide bonds. The molecular weight excluding hydrogens is 360 g/mol. The summed E-state index contributed by atoms with van der Waals surface area (Å²) < 4.78 is 0. The van der Waals surface area contributed by atoms with Crippen LogP contribution in [0.4, 0.5) is 11.4 Å². The lowest BCUT2D eigenvalue weighted by Gasteiger charge is -2.01. The van der Waals surface area contributed by atoms with Crippen molar-refractivity contribution in [3.05, 3.63) is 64.9 Å². The van der Waals surface area contributed by atoms with E-state index in [2.05, 4.69) is 20.6 Å². The SMILES string of the molecule is CC(=O)Nc1ccc(-c2[nH]c3cc(NC(=O)c4cccs4)ccc3[nH+]2)cc1. The van der Waals surface area contributed by atoms with Gasteiger partial charge in [-0.15, -0.1) is 11.3 Å². The second-order valence-electron chi connectivity index (χ2n) is 6.08. The molecule has 0 aliphatic carbocycles. The van der Waals surface area contributed by atoms with Gasteiger partial charge in [0, 0.05) is 24.4 Å². The van der Waals surface area contributed by atoms with Gasteiger partial charge in [-0.3, -0.25) is 9.59 Å². The lowest BCUT2D eigenvalue weighted by atomic mass is 10.2. The summed E-state index contributed by atoms with van der Waals surface area (Å²) in [7, 11) is 0. The average Bonchev–Trinajstić information content (AvgIpc) is 3.31. The van der Waals surface area contributed by atoms with Crippen LogP contribution in [0.15, 0.2) is 60.0 Å². The van der Waals surface area contributed by atoms with Crippen molar-refractivity contribution >= 4 is 45.6 Å². The number of hydrogen-bond acceptors (Lipinski definition) is 3. The van der Waals surface area contributed by atoms with Crippen LogP contribution in [0.5, 0.6) is 0 Å². The predicted molar refractivity (Wildman–Crippen MR) is 107 cm³/mol. The number of carbonyl (C=O) groups excluding carboxylic acids is 2. The number of carbonyl (C=O) groups is 2. The molecule has 2 heterocycles. The number of thiophene rings is 1. The molecule has 0 radical (unpaired) electrons. The van der Waals surface area contributed by atoms with E-state index in [9.17, 15) is 9.59 Å². The molecule has 134 valence electrons. The second-order valence-corrected chi connectivity index (χ2v) is 7.02. The molecule has 7 heteroatoms. The van der Waals surface area contributed by atoms with Crippen molar-refractivity contribution in [3.63, 3.8) is 0 Å². The Hall–Kier alpha value is -3.45. The molecule has 4 N–H and O–H groups in total. The van der Waals surface area contributed by atoms with Crippen molar-refractivity contribution < 1.29 is 14.6 Å². The molecule has 0 spiro atoms. The van der Waals surface area contributed by atoms with Gasteiger partial charge in [0.25, 0.3) is 11.7 Å². The number of amides is 2. The number of fused-ring (bicyclic) bond motifs is 1. The number of benzene rings is 2. The van der Waals surface area contributed by atoms with Crippen LogP contribution in [0.3, 0.4) is 0 Å². The van der Waals surface area contributed by atoms with E-state index in [1.807, 2.05) is 53.9 Å². The molecule has 0 aliphatic heterocycles. The zero-order chi connectivity index (χ0) is 18.8. The monoisotopic (exact) mass is 377 g/mol. The van der Waals surface area contributed by atoms with Gasteiger partial charge < -0.3 is 10.6 Å². The molecule has 0 saturated heterocycles. The summed E-state index contributed by atoms with van der Waals surface area (Å²) in [6, 6.07) is 16.9. The molecule has 0 unspecified atom stereocenters. The van der Waals surface area contributed by atoms with Gasteiger partial charge in [-0.2, -0.15) is 0 Å². The molecule has 4 aromatic rings. The van der Waals surface area contributed by atoms with Crippen LogP contribution in [-0.4, -0.2) is 16.8 Å². The Kier molecular flexibility index (Phi) is 4.43. The number of nitrogens with one attached hydrogen (secondary N) is 4. The van der Waals surface area contributed by atoms with Crippen molar-refractivity contribution in [2.45, 2.75) is 6.92 Å². The average molecular weight is 377 g/mol. The fraction of sp³-hybridized carbons (Fsp3) is 0.0500. The van der Waals surface area contributed by atoms with Crippen molar-refractivity contribution in [3.8, 4) is 11.4 Å². The highest BCUT2D eigenvalue weighted by atomic mass is 32.1. The molecule has 4 rings (SSSR count). The third-order valence-corrected chi connectivity index (χ3v) is 4.90. The Morgan fingerprint density at radius 1 is 1.00 bits per heavy atom. The van der Waals surface area contributed by atoms with Crippen LogP contribution in [0.2, 0.25) is 0 Å². The van der Waals surface area contributed by atoms with Crippen molar-refractivity contribution in [2.24, 2.45) is 0 Å². The molecule has 2 aromatic carbocycles. The van der Waals surface area contributed by atoms with Gasteiger partial charge in [-0.1, -0.05) is 6.07 Å². The Labute approximate surface area is 159 Å². The number of imidazole rings is 1. The van der Waals surface area contributed by atoms with Crippen LogP contribution in [0.1, 0.15) is 16.6 Å². The highest BCUT2D eigenvalue weighted by molar-refractivity contribution is 7.12. The third-order valence-electron chi connectivity index (χ3n) is 4.04. The number of rotatable bonds is 4. The zero-order valence-electron chi connectivity index (χ0n) is 14.5. The molecule has 0 atom stereocenters. The second kappa shape index (κ2) is 7.05. The van der Waals surface area contributed by atoms with Gasteiger partial charge in [0.2, 0.25) is 5.91 Å². The fourth-order valence-electron chi connectivity index (χ4n) is 2.80. The van der Waals surface area contributed by atoms with Gasteiger partial charge in [0.1, 0.15) is 0 Å². The van der Waals surface area contributed by atoms with Crippen LogP contribution >= 0.6 is 11.3 Å². The van der Waals surface area contributed by atoms with E-state index < -0.39 is 0 Å². The first-order valence-electron chi connectivity index (χ1n) is 8.36. The van der Waals surface area contributed by atoms with E-state index in [4.69, 9.17) is 0 Å². The number of anilines is 2. The summed E-state index contributed by atoms with van der Waals surface area (Å²) >= 11 is 1.41. The van der Waals surface area contributed by atoms with E-state index in [1.165, 1.54) is 18.3 Å². The van der Waals surface area contributed by atoms with Crippen LogP contribution in [-0.2, 0) is 4.79 Å². The first-order valence-corrected chi connectivity index (χ1v) is 9.24. The Bertz CT molecular complexity index is 1110. The van der Waals surface area contributed by atoms with E-state index in [0.29, 0.717) is 4.88 Å². The number of H-pyrrole nitrogens is 2. The van der Waals surface area contributed by atoms with Crippen LogP contribution < -0.4 is 15.6 Å². The summed E-state index contributed by atoms with van der Waals surface area (Å²) in [5.74, 6) is 0.631. The minimum absolute atomic E-state index is 0.1000. The lowest BCUT2D eigenvalue weighted by molar-refractivity contribution is -0.330. The summed E-state index contributed by atoms with van der Waals surface area (Å²) in [6.45, 7) is 1.48. The first kappa shape index (κ1) is 17.0. The van der Waals surface area contributed by atoms with Gasteiger partial charge in [-0.25, -0.2) is 9.97 Å². The van der Waals surface area contributed by atoms with Crippen molar-refractivity contribution in [2.75, 3.05) is 10.6 Å². The first-order chi connectivity index (χ1) is 13.1. The minimum atomic E-state index is -0.117. The maximum Gasteiger partial charge on any atom is 0.285 e. The van der Waals surface area contributed by atoms with Gasteiger partial charge in [0.05, 0.1) is 10.4 Å². The van der Waals surface area contributed by atoms with Gasteiger partial charge >= 0.3 is 0 Å². The van der Waals surface area contributed by atoms with Gasteiger partial charge in [-0.05, 0) is 47.8 Å². The van der Waals surface area contributed by atoms with E-state index in [1.54, 1.807) is 6.07 Å².